The second-order valence-electron chi connectivity index (χ2n) is 6.00. The molecular formula is C22H15BrF2N2O2. The number of carbonyl (C=O) groups is 2. The molecule has 29 heavy (non-hydrogen) atoms. The average Bonchev–Trinajstić information content (AvgIpc) is 2.71. The lowest BCUT2D eigenvalue weighted by atomic mass is 10.1. The third-order valence-corrected chi connectivity index (χ3v) is 4.42. The SMILES string of the molecule is O=C(Nc1ccc(F)cc1)/C(=C\c1ccc(Br)cc1)NC(=O)c1ccccc1F. The molecule has 7 heteroatoms. The number of anilines is 1. The Kier molecular flexibility index (Phi) is 6.51. The van der Waals surface area contributed by atoms with E-state index in [1.54, 1.807) is 24.3 Å². The molecule has 0 spiro atoms. The van der Waals surface area contributed by atoms with Gasteiger partial charge in [-0.25, -0.2) is 8.78 Å². The van der Waals surface area contributed by atoms with Crippen LogP contribution in [-0.4, -0.2) is 11.8 Å². The normalized spacial score (nSPS) is 11.1. The summed E-state index contributed by atoms with van der Waals surface area (Å²) in [5.74, 6) is -2.54. The monoisotopic (exact) mass is 456 g/mol. The van der Waals surface area contributed by atoms with Crippen molar-refractivity contribution >= 4 is 39.5 Å². The predicted molar refractivity (Wildman–Crippen MR) is 111 cm³/mol. The van der Waals surface area contributed by atoms with Gasteiger partial charge in [0.2, 0.25) is 0 Å². The van der Waals surface area contributed by atoms with E-state index in [9.17, 15) is 18.4 Å². The largest absolute Gasteiger partial charge is 0.321 e. The van der Waals surface area contributed by atoms with E-state index in [4.69, 9.17) is 0 Å². The number of hydrogen-bond acceptors (Lipinski definition) is 2. The highest BCUT2D eigenvalue weighted by Crippen LogP contribution is 2.15. The van der Waals surface area contributed by atoms with E-state index in [0.29, 0.717) is 11.3 Å². The first-order chi connectivity index (χ1) is 13.9. The second-order valence-corrected chi connectivity index (χ2v) is 6.92. The summed E-state index contributed by atoms with van der Waals surface area (Å²) in [5, 5.41) is 5.03. The van der Waals surface area contributed by atoms with Crippen molar-refractivity contribution in [2.45, 2.75) is 0 Å². The molecule has 0 radical (unpaired) electrons. The first-order valence-electron chi connectivity index (χ1n) is 8.52. The zero-order chi connectivity index (χ0) is 20.8. The number of rotatable bonds is 5. The maximum absolute atomic E-state index is 13.9. The van der Waals surface area contributed by atoms with Gasteiger partial charge in [0, 0.05) is 10.2 Å². The lowest BCUT2D eigenvalue weighted by molar-refractivity contribution is -0.113. The van der Waals surface area contributed by atoms with Crippen LogP contribution in [0.5, 0.6) is 0 Å². The zero-order valence-corrected chi connectivity index (χ0v) is 16.5. The van der Waals surface area contributed by atoms with Crippen LogP contribution < -0.4 is 10.6 Å². The Bertz CT molecular complexity index is 1060. The van der Waals surface area contributed by atoms with E-state index in [1.165, 1.54) is 48.5 Å². The van der Waals surface area contributed by atoms with Crippen LogP contribution in [0.3, 0.4) is 0 Å². The molecule has 0 aliphatic rings. The van der Waals surface area contributed by atoms with Gasteiger partial charge in [-0.1, -0.05) is 40.2 Å². The van der Waals surface area contributed by atoms with Crippen molar-refractivity contribution in [2.24, 2.45) is 0 Å². The van der Waals surface area contributed by atoms with Gasteiger partial charge >= 0.3 is 0 Å². The quantitative estimate of drug-likeness (QED) is 0.522. The van der Waals surface area contributed by atoms with Crippen LogP contribution >= 0.6 is 15.9 Å². The van der Waals surface area contributed by atoms with Gasteiger partial charge in [-0.2, -0.15) is 0 Å². The predicted octanol–water partition coefficient (Wildman–Crippen LogP) is 5.14. The van der Waals surface area contributed by atoms with Gasteiger partial charge in [-0.05, 0) is 60.2 Å². The smallest absolute Gasteiger partial charge is 0.272 e. The molecule has 2 amide bonds. The fraction of sp³-hybridized carbons (Fsp3) is 0. The van der Waals surface area contributed by atoms with Crippen molar-refractivity contribution in [1.29, 1.82) is 0 Å². The van der Waals surface area contributed by atoms with E-state index < -0.39 is 23.4 Å². The molecule has 2 N–H and O–H groups in total. The molecule has 0 atom stereocenters. The molecule has 146 valence electrons. The highest BCUT2D eigenvalue weighted by molar-refractivity contribution is 9.10. The third-order valence-electron chi connectivity index (χ3n) is 3.89. The Balaban J connectivity index is 1.89. The lowest BCUT2D eigenvalue weighted by Crippen LogP contribution is -2.31. The van der Waals surface area contributed by atoms with Gasteiger partial charge < -0.3 is 10.6 Å². The summed E-state index contributed by atoms with van der Waals surface area (Å²) in [6.07, 6.45) is 1.46. The molecule has 0 saturated carbocycles. The molecule has 0 aromatic heterocycles. The van der Waals surface area contributed by atoms with Crippen LogP contribution in [0.2, 0.25) is 0 Å². The van der Waals surface area contributed by atoms with Crippen LogP contribution in [0, 0.1) is 11.6 Å². The Morgan fingerprint density at radius 1 is 0.862 bits per heavy atom. The summed E-state index contributed by atoms with van der Waals surface area (Å²) >= 11 is 3.33. The summed E-state index contributed by atoms with van der Waals surface area (Å²) < 4.78 is 27.9. The Morgan fingerprint density at radius 2 is 1.52 bits per heavy atom. The summed E-state index contributed by atoms with van der Waals surface area (Å²) in [6, 6.07) is 17.7. The van der Waals surface area contributed by atoms with E-state index >= 15 is 0 Å². The fourth-order valence-corrected chi connectivity index (χ4v) is 2.72. The molecule has 0 bridgehead atoms. The van der Waals surface area contributed by atoms with Crippen molar-refractivity contribution in [3.8, 4) is 0 Å². The molecule has 3 aromatic rings. The van der Waals surface area contributed by atoms with Gasteiger partial charge in [-0.3, -0.25) is 9.59 Å². The van der Waals surface area contributed by atoms with Gasteiger partial charge in [0.1, 0.15) is 17.3 Å². The Hall–Kier alpha value is -3.32. The summed E-state index contributed by atoms with van der Waals surface area (Å²) in [4.78, 5) is 25.2. The van der Waals surface area contributed by atoms with Gasteiger partial charge in [0.15, 0.2) is 0 Å². The topological polar surface area (TPSA) is 58.2 Å². The molecule has 0 aliphatic heterocycles. The first-order valence-corrected chi connectivity index (χ1v) is 9.32. The maximum Gasteiger partial charge on any atom is 0.272 e. The van der Waals surface area contributed by atoms with Crippen molar-refractivity contribution in [2.75, 3.05) is 5.32 Å². The number of nitrogens with one attached hydrogen (secondary N) is 2. The summed E-state index contributed by atoms with van der Waals surface area (Å²) in [6.45, 7) is 0. The summed E-state index contributed by atoms with van der Waals surface area (Å²) in [7, 11) is 0. The standard InChI is InChI=1S/C22H15BrF2N2O2/c23-15-7-5-14(6-8-15)13-20(22(29)26-17-11-9-16(24)10-12-17)27-21(28)18-3-1-2-4-19(18)25/h1-13H,(H,26,29)(H,27,28)/b20-13+. The second kappa shape index (κ2) is 9.25. The molecule has 0 saturated heterocycles. The van der Waals surface area contributed by atoms with E-state index in [2.05, 4.69) is 26.6 Å². The molecule has 0 aliphatic carbocycles. The molecule has 0 heterocycles. The maximum atomic E-state index is 13.9. The minimum atomic E-state index is -0.763. The molecule has 0 unspecified atom stereocenters. The van der Waals surface area contributed by atoms with Crippen LogP contribution in [0.1, 0.15) is 15.9 Å². The number of halogens is 3. The molecule has 0 fully saturated rings. The lowest BCUT2D eigenvalue weighted by Gasteiger charge is -2.12. The van der Waals surface area contributed by atoms with Crippen molar-refractivity contribution < 1.29 is 18.4 Å². The van der Waals surface area contributed by atoms with Gasteiger partial charge in [0.25, 0.3) is 11.8 Å². The number of amides is 2. The van der Waals surface area contributed by atoms with Crippen molar-refractivity contribution in [3.05, 3.63) is 106 Å². The molecule has 3 rings (SSSR count). The van der Waals surface area contributed by atoms with E-state index in [1.807, 2.05) is 0 Å². The van der Waals surface area contributed by atoms with Gasteiger partial charge in [-0.15, -0.1) is 0 Å². The van der Waals surface area contributed by atoms with E-state index in [-0.39, 0.29) is 11.3 Å². The highest BCUT2D eigenvalue weighted by atomic mass is 79.9. The average molecular weight is 457 g/mol. The first kappa shape index (κ1) is 20.4. The molecule has 4 nitrogen and oxygen atoms in total. The number of carbonyl (C=O) groups excluding carboxylic acids is 2. The van der Waals surface area contributed by atoms with Gasteiger partial charge in [0.05, 0.1) is 5.56 Å². The minimum absolute atomic E-state index is 0.0927. The van der Waals surface area contributed by atoms with Crippen LogP contribution in [0.25, 0.3) is 6.08 Å². The Labute approximate surface area is 174 Å². The Morgan fingerprint density at radius 3 is 2.17 bits per heavy atom. The minimum Gasteiger partial charge on any atom is -0.321 e. The molecular weight excluding hydrogens is 442 g/mol. The number of hydrogen-bond donors (Lipinski definition) is 2. The number of benzene rings is 3. The van der Waals surface area contributed by atoms with Crippen molar-refractivity contribution in [3.63, 3.8) is 0 Å². The van der Waals surface area contributed by atoms with Crippen LogP contribution in [0.4, 0.5) is 14.5 Å². The zero-order valence-electron chi connectivity index (χ0n) is 15.0. The highest BCUT2D eigenvalue weighted by Gasteiger charge is 2.17. The van der Waals surface area contributed by atoms with E-state index in [0.717, 1.165) is 10.5 Å². The fourth-order valence-electron chi connectivity index (χ4n) is 2.45. The van der Waals surface area contributed by atoms with Crippen LogP contribution in [0.15, 0.2) is 83.0 Å². The molecule has 3 aromatic carbocycles. The van der Waals surface area contributed by atoms with Crippen molar-refractivity contribution in [1.82, 2.24) is 5.32 Å². The summed E-state index contributed by atoms with van der Waals surface area (Å²) in [5.41, 5.74) is 0.707. The third kappa shape index (κ3) is 5.58. The van der Waals surface area contributed by atoms with Crippen LogP contribution in [-0.2, 0) is 4.79 Å².